The van der Waals surface area contributed by atoms with Crippen LogP contribution in [0.1, 0.15) is 27.2 Å². The van der Waals surface area contributed by atoms with Crippen molar-refractivity contribution in [2.24, 2.45) is 17.4 Å². The van der Waals surface area contributed by atoms with E-state index < -0.39 is 39.5 Å². The van der Waals surface area contributed by atoms with Crippen LogP contribution < -0.4 is 21.7 Å². The molecule has 0 aliphatic rings. The Bertz CT molecular complexity index is 469. The molecule has 0 radical (unpaired) electrons. The normalized spacial score (nSPS) is 13.2. The summed E-state index contributed by atoms with van der Waals surface area (Å²) in [6.45, 7) is 6.87. The van der Waals surface area contributed by atoms with E-state index in [4.69, 9.17) is 31.0 Å². The molecule has 160 valence electrons. The van der Waals surface area contributed by atoms with Gasteiger partial charge in [0.15, 0.2) is 0 Å². The van der Waals surface area contributed by atoms with Gasteiger partial charge in [0.25, 0.3) is 0 Å². The SMILES string of the molecule is CC(C)CC(C)(N)CN.O=C([O-])CP(=O)(O)O.O=C([O-])CP(=O)(O)O.[Pt+2]. The van der Waals surface area contributed by atoms with Gasteiger partial charge in [0, 0.05) is 12.1 Å². The molecule has 0 aromatic rings. The number of carbonyl (C=O) groups excluding carboxylic acids is 2. The van der Waals surface area contributed by atoms with E-state index in [0.717, 1.165) is 6.42 Å². The van der Waals surface area contributed by atoms with Crippen molar-refractivity contribution in [1.82, 2.24) is 0 Å². The summed E-state index contributed by atoms with van der Waals surface area (Å²) < 4.78 is 19.4. The Morgan fingerprint density at radius 3 is 1.31 bits per heavy atom. The summed E-state index contributed by atoms with van der Waals surface area (Å²) in [7, 11) is -8.77. The molecule has 0 aromatic carbocycles. The number of aliphatic carboxylic acids is 2. The zero-order chi connectivity index (χ0) is 21.1. The standard InChI is InChI=1S/C7H18N2.2C2H5O5P.Pt/c1-6(2)4-7(3,9)5-8;2*3-2(4)1-8(5,6)7;/h6H,4-5,8-9H2,1-3H3;2*1H2,(H,3,4)(H2,5,6,7);/q;;;+2/p-2. The molecule has 8 N–H and O–H groups in total. The van der Waals surface area contributed by atoms with Gasteiger partial charge in [-0.2, -0.15) is 0 Å². The summed E-state index contributed by atoms with van der Waals surface area (Å²) in [5.74, 6) is -2.83. The van der Waals surface area contributed by atoms with Crippen molar-refractivity contribution in [3.63, 3.8) is 0 Å². The predicted molar refractivity (Wildman–Crippen MR) is 84.9 cm³/mol. The fourth-order valence-electron chi connectivity index (χ4n) is 1.35. The van der Waals surface area contributed by atoms with Crippen molar-refractivity contribution >= 4 is 27.1 Å². The van der Waals surface area contributed by atoms with E-state index >= 15 is 0 Å². The van der Waals surface area contributed by atoms with E-state index in [1.165, 1.54) is 0 Å². The third-order valence-corrected chi connectivity index (χ3v) is 3.35. The Labute approximate surface area is 165 Å². The first-order chi connectivity index (χ1) is 10.8. The maximum Gasteiger partial charge on any atom is 2.00 e. The maximum absolute atomic E-state index is 9.72. The molecular formula is C11H26N2O10P2Pt. The first kappa shape index (κ1) is 33.4. The molecule has 0 aliphatic heterocycles. The second-order valence-electron chi connectivity index (χ2n) is 5.85. The van der Waals surface area contributed by atoms with Crippen LogP contribution in [-0.4, -0.2) is 55.9 Å². The summed E-state index contributed by atoms with van der Waals surface area (Å²) in [5.41, 5.74) is 11.1. The zero-order valence-corrected chi connectivity index (χ0v) is 18.6. The number of hydrogen-bond donors (Lipinski definition) is 6. The number of carbonyl (C=O) groups is 2. The van der Waals surface area contributed by atoms with Crippen molar-refractivity contribution in [2.75, 3.05) is 18.9 Å². The minimum atomic E-state index is -4.38. The van der Waals surface area contributed by atoms with Gasteiger partial charge >= 0.3 is 36.3 Å². The molecule has 0 heterocycles. The Morgan fingerprint density at radius 2 is 1.27 bits per heavy atom. The Balaban J connectivity index is -0.000000137. The number of hydrogen-bond acceptors (Lipinski definition) is 8. The minimum absolute atomic E-state index is 0. The number of carboxylic acids is 2. The van der Waals surface area contributed by atoms with Crippen LogP contribution in [0.2, 0.25) is 0 Å². The molecule has 12 nitrogen and oxygen atoms in total. The zero-order valence-electron chi connectivity index (χ0n) is 14.5. The summed E-state index contributed by atoms with van der Waals surface area (Å²) in [4.78, 5) is 50.3. The second-order valence-corrected chi connectivity index (χ2v) is 9.14. The molecule has 0 saturated heterocycles. The molecule has 0 spiro atoms. The van der Waals surface area contributed by atoms with Gasteiger partial charge in [0.2, 0.25) is 0 Å². The average Bonchev–Trinajstić information content (AvgIpc) is 2.21. The average molecular weight is 603 g/mol. The third kappa shape index (κ3) is 39.1. The molecule has 0 fully saturated rings. The first-order valence-electron chi connectivity index (χ1n) is 6.79. The number of nitrogens with two attached hydrogens (primary N) is 2. The summed E-state index contributed by atoms with van der Waals surface area (Å²) >= 11 is 0. The molecule has 0 aromatic heterocycles. The van der Waals surface area contributed by atoms with Crippen LogP contribution >= 0.6 is 15.2 Å². The minimum Gasteiger partial charge on any atom is -0.549 e. The van der Waals surface area contributed by atoms with E-state index in [1.54, 1.807) is 0 Å². The fraction of sp³-hybridized carbons (Fsp3) is 0.818. The van der Waals surface area contributed by atoms with Gasteiger partial charge in [-0.05, 0) is 19.3 Å². The molecule has 0 rings (SSSR count). The van der Waals surface area contributed by atoms with Gasteiger partial charge < -0.3 is 50.8 Å². The van der Waals surface area contributed by atoms with E-state index in [9.17, 15) is 28.9 Å². The number of carboxylic acid groups (broad SMARTS) is 2. The van der Waals surface area contributed by atoms with Crippen LogP contribution in [-0.2, 0) is 39.8 Å². The van der Waals surface area contributed by atoms with E-state index in [2.05, 4.69) is 13.8 Å². The summed E-state index contributed by atoms with van der Waals surface area (Å²) in [6.07, 6.45) is -1.40. The maximum atomic E-state index is 9.72. The van der Waals surface area contributed by atoms with Crippen LogP contribution in [0.15, 0.2) is 0 Å². The quantitative estimate of drug-likeness (QED) is 0.155. The topological polar surface area (TPSA) is 247 Å². The van der Waals surface area contributed by atoms with Gasteiger partial charge in [0.1, 0.15) is 0 Å². The monoisotopic (exact) mass is 603 g/mol. The second kappa shape index (κ2) is 14.9. The first-order valence-corrected chi connectivity index (χ1v) is 10.4. The van der Waals surface area contributed by atoms with Crippen LogP contribution in [0.3, 0.4) is 0 Å². The Kier molecular flexibility index (Phi) is 19.1. The molecule has 1 atom stereocenters. The summed E-state index contributed by atoms with van der Waals surface area (Å²) in [5, 5.41) is 18.8. The van der Waals surface area contributed by atoms with Crippen LogP contribution in [0.5, 0.6) is 0 Å². The predicted octanol–water partition coefficient (Wildman–Crippen LogP) is -3.47. The van der Waals surface area contributed by atoms with Gasteiger partial charge in [-0.3, -0.25) is 9.13 Å². The Morgan fingerprint density at radius 1 is 1.00 bits per heavy atom. The largest absolute Gasteiger partial charge is 2.00 e. The van der Waals surface area contributed by atoms with Crippen LogP contribution in [0, 0.1) is 5.92 Å². The molecule has 0 amide bonds. The van der Waals surface area contributed by atoms with Crippen molar-refractivity contribution < 1.29 is 69.6 Å². The van der Waals surface area contributed by atoms with Crippen molar-refractivity contribution in [1.29, 1.82) is 0 Å². The number of rotatable bonds is 7. The van der Waals surface area contributed by atoms with Crippen molar-refractivity contribution in [3.8, 4) is 0 Å². The molecule has 0 aliphatic carbocycles. The van der Waals surface area contributed by atoms with Gasteiger partial charge in [-0.25, -0.2) is 0 Å². The molecular weight excluding hydrogens is 577 g/mol. The summed E-state index contributed by atoms with van der Waals surface area (Å²) in [6, 6.07) is 0. The van der Waals surface area contributed by atoms with Gasteiger partial charge in [0.05, 0.1) is 24.3 Å². The molecule has 0 bridgehead atoms. The molecule has 26 heavy (non-hydrogen) atoms. The van der Waals surface area contributed by atoms with Crippen LogP contribution in [0.25, 0.3) is 0 Å². The van der Waals surface area contributed by atoms with Crippen molar-refractivity contribution in [2.45, 2.75) is 32.7 Å². The van der Waals surface area contributed by atoms with Gasteiger partial charge in [-0.15, -0.1) is 0 Å². The van der Waals surface area contributed by atoms with E-state index in [0.29, 0.717) is 12.5 Å². The van der Waals surface area contributed by atoms with Crippen LogP contribution in [0.4, 0.5) is 0 Å². The van der Waals surface area contributed by atoms with Gasteiger partial charge in [-0.1, -0.05) is 13.8 Å². The molecule has 1 unspecified atom stereocenters. The third-order valence-electron chi connectivity index (χ3n) is 2.01. The van der Waals surface area contributed by atoms with E-state index in [1.807, 2.05) is 6.92 Å². The molecule has 0 saturated carbocycles. The molecule has 15 heteroatoms. The Hall–Kier alpha value is -0.152. The fourth-order valence-corrected chi connectivity index (χ4v) is 2.03. The smallest absolute Gasteiger partial charge is 0.549 e. The van der Waals surface area contributed by atoms with Crippen molar-refractivity contribution in [3.05, 3.63) is 0 Å². The van der Waals surface area contributed by atoms with E-state index in [-0.39, 0.29) is 26.6 Å².